The quantitative estimate of drug-likeness (QED) is 0.740. The van der Waals surface area contributed by atoms with Gasteiger partial charge in [-0.05, 0) is 23.3 Å². The molecule has 1 nitrogen and oxygen atoms in total. The van der Waals surface area contributed by atoms with Crippen molar-refractivity contribution in [3.05, 3.63) is 71.5 Å². The van der Waals surface area contributed by atoms with Crippen LogP contribution >= 0.6 is 15.9 Å². The lowest BCUT2D eigenvalue weighted by molar-refractivity contribution is 0.0564. The Bertz CT molecular complexity index is 487. The average molecular weight is 309 g/mol. The van der Waals surface area contributed by atoms with Crippen LogP contribution in [0, 0.1) is 5.82 Å². The summed E-state index contributed by atoms with van der Waals surface area (Å²) < 4.78 is 19.0. The summed E-state index contributed by atoms with van der Waals surface area (Å²) in [6, 6.07) is 16.5. The molecular weight excluding hydrogens is 295 g/mol. The molecule has 0 heterocycles. The minimum absolute atomic E-state index is 0.138. The first kappa shape index (κ1) is 13.2. The van der Waals surface area contributed by atoms with Gasteiger partial charge in [0, 0.05) is 5.33 Å². The van der Waals surface area contributed by atoms with Crippen molar-refractivity contribution in [3.8, 4) is 0 Å². The van der Waals surface area contributed by atoms with Crippen LogP contribution in [0.4, 0.5) is 4.39 Å². The molecule has 2 aromatic rings. The zero-order valence-corrected chi connectivity index (χ0v) is 11.4. The van der Waals surface area contributed by atoms with Crippen LogP contribution in [0.3, 0.4) is 0 Å². The molecule has 3 heteroatoms. The number of rotatable bonds is 5. The molecule has 0 bridgehead atoms. The predicted octanol–water partition coefficient (Wildman–Crippen LogP) is 4.48. The molecule has 0 radical (unpaired) electrons. The summed E-state index contributed by atoms with van der Waals surface area (Å²) in [7, 11) is 0. The van der Waals surface area contributed by atoms with Crippen molar-refractivity contribution < 1.29 is 9.13 Å². The Balaban J connectivity index is 2.02. The molecule has 0 aromatic heterocycles. The fourth-order valence-corrected chi connectivity index (χ4v) is 2.27. The van der Waals surface area contributed by atoms with E-state index < -0.39 is 0 Å². The first-order valence-electron chi connectivity index (χ1n) is 5.76. The molecule has 0 N–H and O–H groups in total. The van der Waals surface area contributed by atoms with E-state index in [9.17, 15) is 4.39 Å². The van der Waals surface area contributed by atoms with Crippen LogP contribution in [0.2, 0.25) is 0 Å². The lowest BCUT2D eigenvalue weighted by Crippen LogP contribution is -2.06. The van der Waals surface area contributed by atoms with Crippen molar-refractivity contribution in [1.82, 2.24) is 0 Å². The fraction of sp³-hybridized carbons (Fsp3) is 0.200. The molecule has 0 aliphatic heterocycles. The van der Waals surface area contributed by atoms with E-state index in [1.807, 2.05) is 36.4 Å². The average Bonchev–Trinajstić information content (AvgIpc) is 2.41. The summed E-state index contributed by atoms with van der Waals surface area (Å²) >= 11 is 3.40. The summed E-state index contributed by atoms with van der Waals surface area (Å²) in [5.41, 5.74) is 1.96. The van der Waals surface area contributed by atoms with Crippen molar-refractivity contribution in [2.24, 2.45) is 0 Å². The second kappa shape index (κ2) is 6.66. The Kier molecular flexibility index (Phi) is 4.90. The number of benzene rings is 2. The molecule has 0 fully saturated rings. The third-order valence-corrected chi connectivity index (χ3v) is 3.24. The van der Waals surface area contributed by atoms with Crippen LogP contribution in [0.15, 0.2) is 54.6 Å². The van der Waals surface area contributed by atoms with Gasteiger partial charge >= 0.3 is 0 Å². The molecule has 1 unspecified atom stereocenters. The maximum Gasteiger partial charge on any atom is 0.123 e. The molecule has 0 amide bonds. The van der Waals surface area contributed by atoms with Gasteiger partial charge in [-0.15, -0.1) is 0 Å². The molecule has 0 aliphatic rings. The number of hydrogen-bond donors (Lipinski definition) is 0. The topological polar surface area (TPSA) is 9.23 Å². The van der Waals surface area contributed by atoms with Gasteiger partial charge in [0.2, 0.25) is 0 Å². The molecule has 0 aliphatic carbocycles. The molecule has 0 spiro atoms. The summed E-state index contributed by atoms with van der Waals surface area (Å²) in [6.07, 6.45) is -0.138. The van der Waals surface area contributed by atoms with Crippen molar-refractivity contribution in [2.75, 3.05) is 5.33 Å². The van der Waals surface area contributed by atoms with E-state index in [1.165, 1.54) is 12.1 Å². The van der Waals surface area contributed by atoms with Crippen LogP contribution in [0.1, 0.15) is 17.2 Å². The van der Waals surface area contributed by atoms with E-state index in [1.54, 1.807) is 6.07 Å². The Morgan fingerprint density at radius 3 is 2.50 bits per heavy atom. The second-order valence-electron chi connectivity index (χ2n) is 3.99. The zero-order chi connectivity index (χ0) is 12.8. The Morgan fingerprint density at radius 1 is 1.06 bits per heavy atom. The molecule has 1 atom stereocenters. The van der Waals surface area contributed by atoms with E-state index >= 15 is 0 Å². The lowest BCUT2D eigenvalue weighted by atomic mass is 10.1. The predicted molar refractivity (Wildman–Crippen MR) is 74.2 cm³/mol. The molecule has 2 aromatic carbocycles. The van der Waals surface area contributed by atoms with Gasteiger partial charge in [0.15, 0.2) is 0 Å². The van der Waals surface area contributed by atoms with E-state index in [2.05, 4.69) is 15.9 Å². The van der Waals surface area contributed by atoms with E-state index in [-0.39, 0.29) is 11.9 Å². The van der Waals surface area contributed by atoms with Gasteiger partial charge in [-0.25, -0.2) is 4.39 Å². The monoisotopic (exact) mass is 308 g/mol. The molecule has 2 rings (SSSR count). The van der Waals surface area contributed by atoms with E-state index in [0.717, 1.165) is 11.1 Å². The van der Waals surface area contributed by atoms with Crippen LogP contribution in [0.5, 0.6) is 0 Å². The van der Waals surface area contributed by atoms with Crippen LogP contribution in [-0.4, -0.2) is 5.33 Å². The van der Waals surface area contributed by atoms with Crippen molar-refractivity contribution in [3.63, 3.8) is 0 Å². The molecular formula is C15H14BrFO. The third kappa shape index (κ3) is 3.65. The molecule has 0 saturated heterocycles. The van der Waals surface area contributed by atoms with Gasteiger partial charge in [0.1, 0.15) is 5.82 Å². The second-order valence-corrected chi connectivity index (χ2v) is 4.64. The van der Waals surface area contributed by atoms with E-state index in [4.69, 9.17) is 4.74 Å². The molecule has 94 valence electrons. The maximum atomic E-state index is 13.2. The molecule has 0 saturated carbocycles. The Morgan fingerprint density at radius 2 is 1.83 bits per heavy atom. The number of alkyl halides is 1. The van der Waals surface area contributed by atoms with Gasteiger partial charge in [0.25, 0.3) is 0 Å². The third-order valence-electron chi connectivity index (χ3n) is 2.65. The minimum atomic E-state index is -0.234. The number of ether oxygens (including phenoxy) is 1. The van der Waals surface area contributed by atoms with Gasteiger partial charge in [-0.1, -0.05) is 58.4 Å². The first-order valence-corrected chi connectivity index (χ1v) is 6.88. The fourth-order valence-electron chi connectivity index (χ4n) is 1.71. The first-order chi connectivity index (χ1) is 8.79. The van der Waals surface area contributed by atoms with Crippen LogP contribution in [-0.2, 0) is 11.3 Å². The van der Waals surface area contributed by atoms with Crippen molar-refractivity contribution in [2.45, 2.75) is 12.7 Å². The Hall–Kier alpha value is -1.19. The highest BCUT2D eigenvalue weighted by atomic mass is 79.9. The van der Waals surface area contributed by atoms with Crippen LogP contribution < -0.4 is 0 Å². The summed E-state index contributed by atoms with van der Waals surface area (Å²) in [5, 5.41) is 0.642. The SMILES string of the molecule is Fc1cccc(C(CBr)OCc2ccccc2)c1. The normalized spacial score (nSPS) is 12.3. The van der Waals surface area contributed by atoms with Gasteiger partial charge in [-0.3, -0.25) is 0 Å². The highest BCUT2D eigenvalue weighted by Gasteiger charge is 2.11. The number of halogens is 2. The highest BCUT2D eigenvalue weighted by Crippen LogP contribution is 2.22. The number of hydrogen-bond acceptors (Lipinski definition) is 1. The van der Waals surface area contributed by atoms with Gasteiger partial charge in [-0.2, -0.15) is 0 Å². The smallest absolute Gasteiger partial charge is 0.123 e. The van der Waals surface area contributed by atoms with Crippen LogP contribution in [0.25, 0.3) is 0 Å². The summed E-state index contributed by atoms with van der Waals surface area (Å²) in [5.74, 6) is -0.234. The van der Waals surface area contributed by atoms with Gasteiger partial charge in [0.05, 0.1) is 12.7 Å². The summed E-state index contributed by atoms with van der Waals surface area (Å²) in [4.78, 5) is 0. The zero-order valence-electron chi connectivity index (χ0n) is 9.85. The maximum absolute atomic E-state index is 13.2. The molecule has 18 heavy (non-hydrogen) atoms. The highest BCUT2D eigenvalue weighted by molar-refractivity contribution is 9.09. The van der Waals surface area contributed by atoms with Gasteiger partial charge < -0.3 is 4.74 Å². The summed E-state index contributed by atoms with van der Waals surface area (Å²) in [6.45, 7) is 0.521. The van der Waals surface area contributed by atoms with Crippen molar-refractivity contribution in [1.29, 1.82) is 0 Å². The minimum Gasteiger partial charge on any atom is -0.368 e. The standard InChI is InChI=1S/C15H14BrFO/c16-10-15(13-7-4-8-14(17)9-13)18-11-12-5-2-1-3-6-12/h1-9,15H,10-11H2. The van der Waals surface area contributed by atoms with E-state index in [0.29, 0.717) is 11.9 Å². The van der Waals surface area contributed by atoms with Crippen molar-refractivity contribution >= 4 is 15.9 Å². The Labute approximate surface area is 115 Å². The lowest BCUT2D eigenvalue weighted by Gasteiger charge is -2.16. The largest absolute Gasteiger partial charge is 0.368 e.